The number of aromatic nitrogens is 1. The van der Waals surface area contributed by atoms with E-state index in [0.29, 0.717) is 12.5 Å². The lowest BCUT2D eigenvalue weighted by Gasteiger charge is -2.36. The van der Waals surface area contributed by atoms with Crippen LogP contribution in [0.4, 0.5) is 0 Å². The van der Waals surface area contributed by atoms with Gasteiger partial charge in [-0.3, -0.25) is 14.4 Å². The van der Waals surface area contributed by atoms with E-state index in [-0.39, 0.29) is 23.5 Å². The molecule has 0 aromatic carbocycles. The van der Waals surface area contributed by atoms with E-state index in [4.69, 9.17) is 0 Å². The summed E-state index contributed by atoms with van der Waals surface area (Å²) in [6.07, 6.45) is 17.3. The lowest BCUT2D eigenvalue weighted by atomic mass is 9.71. The number of carboxylic acids is 1. The highest BCUT2D eigenvalue weighted by molar-refractivity contribution is 5.94. The summed E-state index contributed by atoms with van der Waals surface area (Å²) in [5.74, 6) is -0.630. The van der Waals surface area contributed by atoms with Crippen molar-refractivity contribution in [2.24, 2.45) is 11.3 Å². The van der Waals surface area contributed by atoms with Crippen LogP contribution < -0.4 is 10.9 Å². The van der Waals surface area contributed by atoms with E-state index in [1.54, 1.807) is 0 Å². The molecule has 34 heavy (non-hydrogen) atoms. The van der Waals surface area contributed by atoms with Crippen molar-refractivity contribution >= 4 is 11.9 Å². The smallest absolute Gasteiger partial charge is 0.303 e. The Hall–Kier alpha value is -2.11. The summed E-state index contributed by atoms with van der Waals surface area (Å²) in [5.41, 5.74) is 2.01. The summed E-state index contributed by atoms with van der Waals surface area (Å²) in [6, 6.07) is 1.86. The van der Waals surface area contributed by atoms with Crippen LogP contribution in [0.5, 0.6) is 0 Å². The van der Waals surface area contributed by atoms with Crippen molar-refractivity contribution in [3.05, 3.63) is 33.2 Å². The van der Waals surface area contributed by atoms with Crippen LogP contribution in [0.2, 0.25) is 0 Å². The van der Waals surface area contributed by atoms with E-state index < -0.39 is 11.4 Å². The third-order valence-corrected chi connectivity index (χ3v) is 8.57. The summed E-state index contributed by atoms with van der Waals surface area (Å²) in [5, 5.41) is 12.5. The standard InChI is InChI=1S/C28H42N2O4/c31-25(32)18-28(15-9-4-10-16-28)20-29-26(33)23-17-22-13-7-1-2-8-14-24(22)30(27(23)34)19-21-11-5-3-6-12-21/h17,21H,1-16,18-20H2,(H,29,33)(H,31,32). The Bertz CT molecular complexity index is 923. The van der Waals surface area contributed by atoms with Crippen LogP contribution in [0.15, 0.2) is 10.9 Å². The molecule has 188 valence electrons. The minimum Gasteiger partial charge on any atom is -0.481 e. The number of fused-ring (bicyclic) bond motifs is 1. The number of carboxylic acid groups (broad SMARTS) is 1. The SMILES string of the molecule is O=C(O)CC1(CNC(=O)c2cc3c(n(CC4CCCCC4)c2=O)CCCCCC3)CCCCC1. The maximum Gasteiger partial charge on any atom is 0.303 e. The predicted octanol–water partition coefficient (Wildman–Crippen LogP) is 5.24. The van der Waals surface area contributed by atoms with Gasteiger partial charge in [-0.05, 0) is 74.3 Å². The van der Waals surface area contributed by atoms with Crippen LogP contribution in [-0.4, -0.2) is 28.1 Å². The van der Waals surface area contributed by atoms with E-state index in [1.807, 2.05) is 10.6 Å². The van der Waals surface area contributed by atoms with Crippen LogP contribution in [-0.2, 0) is 24.2 Å². The molecule has 0 radical (unpaired) electrons. The largest absolute Gasteiger partial charge is 0.481 e. The first-order valence-electron chi connectivity index (χ1n) is 13.7. The zero-order valence-electron chi connectivity index (χ0n) is 20.7. The second-order valence-electron chi connectivity index (χ2n) is 11.2. The number of hydrogen-bond acceptors (Lipinski definition) is 3. The average Bonchev–Trinajstić information content (AvgIpc) is 2.81. The number of carbonyl (C=O) groups is 2. The van der Waals surface area contributed by atoms with Crippen LogP contribution >= 0.6 is 0 Å². The quantitative estimate of drug-likeness (QED) is 0.570. The van der Waals surface area contributed by atoms with Gasteiger partial charge < -0.3 is 15.0 Å². The van der Waals surface area contributed by atoms with Gasteiger partial charge in [-0.2, -0.15) is 0 Å². The van der Waals surface area contributed by atoms with Crippen molar-refractivity contribution in [1.82, 2.24) is 9.88 Å². The Morgan fingerprint density at radius 3 is 2.29 bits per heavy atom. The maximum atomic E-state index is 13.7. The number of nitrogens with one attached hydrogen (secondary N) is 1. The molecule has 0 unspecified atom stereocenters. The Morgan fingerprint density at radius 1 is 0.941 bits per heavy atom. The van der Waals surface area contributed by atoms with Crippen LogP contribution in [0, 0.1) is 11.3 Å². The minimum atomic E-state index is -0.813. The molecular weight excluding hydrogens is 428 g/mol. The molecule has 1 amide bonds. The summed E-state index contributed by atoms with van der Waals surface area (Å²) in [4.78, 5) is 38.5. The topological polar surface area (TPSA) is 88.4 Å². The molecule has 2 saturated carbocycles. The molecule has 0 bridgehead atoms. The fourth-order valence-corrected chi connectivity index (χ4v) is 6.62. The van der Waals surface area contributed by atoms with Gasteiger partial charge in [0, 0.05) is 18.8 Å². The minimum absolute atomic E-state index is 0.0728. The third-order valence-electron chi connectivity index (χ3n) is 8.57. The van der Waals surface area contributed by atoms with Gasteiger partial charge in [0.05, 0.1) is 6.42 Å². The van der Waals surface area contributed by atoms with Gasteiger partial charge in [-0.15, -0.1) is 0 Å². The molecule has 1 aromatic rings. The molecular formula is C28H42N2O4. The van der Waals surface area contributed by atoms with Crippen molar-refractivity contribution in [2.45, 2.75) is 116 Å². The monoisotopic (exact) mass is 470 g/mol. The lowest BCUT2D eigenvalue weighted by Crippen LogP contribution is -2.43. The molecule has 6 heteroatoms. The van der Waals surface area contributed by atoms with Gasteiger partial charge >= 0.3 is 5.97 Å². The van der Waals surface area contributed by atoms with Crippen LogP contribution in [0.25, 0.3) is 0 Å². The number of nitrogens with zero attached hydrogens (tertiary/aromatic N) is 1. The van der Waals surface area contributed by atoms with Gasteiger partial charge in [0.2, 0.25) is 0 Å². The van der Waals surface area contributed by atoms with E-state index in [0.717, 1.165) is 88.4 Å². The number of amides is 1. The number of carbonyl (C=O) groups excluding carboxylic acids is 1. The second-order valence-corrected chi connectivity index (χ2v) is 11.2. The average molecular weight is 471 g/mol. The molecule has 0 aliphatic heterocycles. The van der Waals surface area contributed by atoms with Gasteiger partial charge in [-0.25, -0.2) is 0 Å². The molecule has 1 aromatic heterocycles. The number of rotatable bonds is 7. The first kappa shape index (κ1) is 25.0. The predicted molar refractivity (Wildman–Crippen MR) is 133 cm³/mol. The van der Waals surface area contributed by atoms with Crippen molar-refractivity contribution < 1.29 is 14.7 Å². The first-order valence-corrected chi connectivity index (χ1v) is 13.7. The van der Waals surface area contributed by atoms with Gasteiger partial charge in [0.25, 0.3) is 11.5 Å². The Morgan fingerprint density at radius 2 is 1.59 bits per heavy atom. The Balaban J connectivity index is 1.60. The fraction of sp³-hybridized carbons (Fsp3) is 0.750. The van der Waals surface area contributed by atoms with Crippen LogP contribution in [0.3, 0.4) is 0 Å². The summed E-state index contributed by atoms with van der Waals surface area (Å²) in [6.45, 7) is 1.06. The van der Waals surface area contributed by atoms with Crippen molar-refractivity contribution in [3.63, 3.8) is 0 Å². The molecule has 2 fully saturated rings. The van der Waals surface area contributed by atoms with E-state index in [9.17, 15) is 19.5 Å². The molecule has 1 heterocycles. The molecule has 3 aliphatic carbocycles. The highest BCUT2D eigenvalue weighted by Crippen LogP contribution is 2.39. The molecule has 0 saturated heterocycles. The molecule has 0 atom stereocenters. The highest BCUT2D eigenvalue weighted by atomic mass is 16.4. The Kier molecular flexibility index (Phi) is 8.49. The van der Waals surface area contributed by atoms with Crippen molar-refractivity contribution in [1.29, 1.82) is 0 Å². The molecule has 2 N–H and O–H groups in total. The number of hydrogen-bond donors (Lipinski definition) is 2. The zero-order chi connectivity index (χ0) is 24.0. The fourth-order valence-electron chi connectivity index (χ4n) is 6.62. The van der Waals surface area contributed by atoms with Gasteiger partial charge in [-0.1, -0.05) is 51.4 Å². The number of aryl methyl sites for hydroxylation is 1. The second kappa shape index (κ2) is 11.5. The van der Waals surface area contributed by atoms with E-state index in [1.165, 1.54) is 32.1 Å². The summed E-state index contributed by atoms with van der Waals surface area (Å²) >= 11 is 0. The Labute approximate surface area is 203 Å². The van der Waals surface area contributed by atoms with Crippen LogP contribution in [0.1, 0.15) is 118 Å². The van der Waals surface area contributed by atoms with E-state index >= 15 is 0 Å². The summed E-state index contributed by atoms with van der Waals surface area (Å²) in [7, 11) is 0. The highest BCUT2D eigenvalue weighted by Gasteiger charge is 2.35. The summed E-state index contributed by atoms with van der Waals surface area (Å²) < 4.78 is 1.96. The van der Waals surface area contributed by atoms with E-state index in [2.05, 4.69) is 5.32 Å². The van der Waals surface area contributed by atoms with Gasteiger partial charge in [0.1, 0.15) is 5.56 Å². The molecule has 3 aliphatic rings. The molecule has 0 spiro atoms. The van der Waals surface area contributed by atoms with Crippen molar-refractivity contribution in [3.8, 4) is 0 Å². The lowest BCUT2D eigenvalue weighted by molar-refractivity contribution is -0.140. The molecule has 4 rings (SSSR count). The zero-order valence-corrected chi connectivity index (χ0v) is 20.7. The molecule has 6 nitrogen and oxygen atoms in total. The van der Waals surface area contributed by atoms with Gasteiger partial charge in [0.15, 0.2) is 0 Å². The maximum absolute atomic E-state index is 13.7. The first-order chi connectivity index (χ1) is 16.5. The number of aliphatic carboxylic acids is 1. The van der Waals surface area contributed by atoms with Crippen molar-refractivity contribution in [2.75, 3.05) is 6.54 Å². The number of pyridine rings is 1. The third kappa shape index (κ3) is 6.11. The normalized spacial score (nSPS) is 21.2.